The van der Waals surface area contributed by atoms with Crippen LogP contribution in [0.3, 0.4) is 0 Å². The van der Waals surface area contributed by atoms with Crippen molar-refractivity contribution in [2.45, 2.75) is 32.0 Å². The number of rotatable bonds is 3. The van der Waals surface area contributed by atoms with E-state index in [1.54, 1.807) is 4.90 Å². The number of hydrogen-bond acceptors (Lipinski definition) is 2. The van der Waals surface area contributed by atoms with Crippen molar-refractivity contribution in [1.29, 1.82) is 0 Å². The van der Waals surface area contributed by atoms with E-state index in [2.05, 4.69) is 0 Å². The minimum absolute atomic E-state index is 0.0357. The summed E-state index contributed by atoms with van der Waals surface area (Å²) in [7, 11) is 0. The van der Waals surface area contributed by atoms with Gasteiger partial charge in [0.05, 0.1) is 6.42 Å². The molecular weight excluding hydrogens is 241 g/mol. The molecule has 0 aromatic heterocycles. The first kappa shape index (κ1) is 13.2. The predicted octanol–water partition coefficient (Wildman–Crippen LogP) is 3.02. The Kier molecular flexibility index (Phi) is 3.52. The number of alkyl halides is 3. The van der Waals surface area contributed by atoms with Crippen LogP contribution in [0.4, 0.5) is 18.9 Å². The molecule has 2 N–H and O–H groups in total. The van der Waals surface area contributed by atoms with Gasteiger partial charge >= 0.3 is 6.18 Å². The maximum atomic E-state index is 12.2. The topological polar surface area (TPSA) is 29.3 Å². The van der Waals surface area contributed by atoms with Gasteiger partial charge in [-0.25, -0.2) is 0 Å². The Balaban J connectivity index is 2.09. The molecule has 0 fully saturated rings. The normalized spacial score (nSPS) is 16.8. The van der Waals surface area contributed by atoms with E-state index in [0.717, 1.165) is 23.2 Å². The van der Waals surface area contributed by atoms with Gasteiger partial charge in [-0.15, -0.1) is 0 Å². The largest absolute Gasteiger partial charge is 0.390 e. The van der Waals surface area contributed by atoms with E-state index < -0.39 is 12.6 Å². The quantitative estimate of drug-likeness (QED) is 0.903. The summed E-state index contributed by atoms with van der Waals surface area (Å²) >= 11 is 0. The van der Waals surface area contributed by atoms with Crippen molar-refractivity contribution in [1.82, 2.24) is 0 Å². The highest BCUT2D eigenvalue weighted by molar-refractivity contribution is 5.59. The lowest BCUT2D eigenvalue weighted by atomic mass is 10.0. The Morgan fingerprint density at radius 1 is 1.39 bits per heavy atom. The van der Waals surface area contributed by atoms with Crippen LogP contribution in [0, 0.1) is 0 Å². The number of nitrogens with zero attached hydrogens (tertiary/aromatic N) is 1. The molecule has 5 heteroatoms. The summed E-state index contributed by atoms with van der Waals surface area (Å²) in [5.41, 5.74) is 8.85. The van der Waals surface area contributed by atoms with Crippen LogP contribution >= 0.6 is 0 Å². The Morgan fingerprint density at radius 2 is 2.11 bits per heavy atom. The van der Waals surface area contributed by atoms with E-state index in [0.29, 0.717) is 6.54 Å². The average Bonchev–Trinajstić information content (AvgIpc) is 2.67. The van der Waals surface area contributed by atoms with Gasteiger partial charge in [-0.05, 0) is 30.5 Å². The van der Waals surface area contributed by atoms with Crippen molar-refractivity contribution < 1.29 is 13.2 Å². The molecule has 0 aliphatic carbocycles. The third kappa shape index (κ3) is 2.96. The third-order valence-corrected chi connectivity index (χ3v) is 3.29. The predicted molar refractivity (Wildman–Crippen MR) is 65.6 cm³/mol. The first-order valence-corrected chi connectivity index (χ1v) is 6.07. The summed E-state index contributed by atoms with van der Waals surface area (Å²) < 4.78 is 36.6. The molecular formula is C13H17F3N2. The second-order valence-electron chi connectivity index (χ2n) is 4.78. The standard InChI is InChI=1S/C13H17F3N2/c1-9(17)10-2-3-12-11(8-10)4-6-18(12)7-5-13(14,15)16/h2-3,8-9H,4-7,17H2,1H3. The van der Waals surface area contributed by atoms with E-state index in [4.69, 9.17) is 5.73 Å². The van der Waals surface area contributed by atoms with Gasteiger partial charge < -0.3 is 10.6 Å². The van der Waals surface area contributed by atoms with E-state index in [1.807, 2.05) is 25.1 Å². The fourth-order valence-corrected chi connectivity index (χ4v) is 2.27. The minimum atomic E-state index is -4.09. The molecule has 18 heavy (non-hydrogen) atoms. The van der Waals surface area contributed by atoms with Gasteiger partial charge in [0.15, 0.2) is 0 Å². The number of fused-ring (bicyclic) bond motifs is 1. The first-order valence-electron chi connectivity index (χ1n) is 6.07. The molecule has 1 aliphatic rings. The van der Waals surface area contributed by atoms with Crippen molar-refractivity contribution >= 4 is 5.69 Å². The third-order valence-electron chi connectivity index (χ3n) is 3.29. The molecule has 1 atom stereocenters. The van der Waals surface area contributed by atoms with E-state index in [-0.39, 0.29) is 12.6 Å². The fraction of sp³-hybridized carbons (Fsp3) is 0.538. The molecule has 1 heterocycles. The molecule has 100 valence electrons. The summed E-state index contributed by atoms with van der Waals surface area (Å²) in [6.07, 6.45) is -4.05. The van der Waals surface area contributed by atoms with Gasteiger partial charge in [-0.2, -0.15) is 13.2 Å². The van der Waals surface area contributed by atoms with Crippen LogP contribution in [0.5, 0.6) is 0 Å². The number of benzene rings is 1. The maximum absolute atomic E-state index is 12.2. The van der Waals surface area contributed by atoms with Crippen molar-refractivity contribution in [2.24, 2.45) is 5.73 Å². The summed E-state index contributed by atoms with van der Waals surface area (Å²) in [4.78, 5) is 1.80. The Labute approximate surface area is 105 Å². The number of nitrogens with two attached hydrogens (primary N) is 1. The van der Waals surface area contributed by atoms with Gasteiger partial charge in [-0.3, -0.25) is 0 Å². The van der Waals surface area contributed by atoms with E-state index in [1.165, 1.54) is 0 Å². The van der Waals surface area contributed by atoms with E-state index in [9.17, 15) is 13.2 Å². The van der Waals surface area contributed by atoms with Crippen LogP contribution in [0.2, 0.25) is 0 Å². The number of halogens is 3. The smallest absolute Gasteiger partial charge is 0.371 e. The van der Waals surface area contributed by atoms with Gasteiger partial charge in [-0.1, -0.05) is 12.1 Å². The number of hydrogen-bond donors (Lipinski definition) is 1. The SMILES string of the molecule is CC(N)c1ccc2c(c1)CCN2CCC(F)(F)F. The lowest BCUT2D eigenvalue weighted by molar-refractivity contribution is -0.132. The zero-order valence-electron chi connectivity index (χ0n) is 10.3. The van der Waals surface area contributed by atoms with Crippen LogP contribution in [0.25, 0.3) is 0 Å². The molecule has 0 saturated carbocycles. The molecule has 1 aromatic carbocycles. The second-order valence-corrected chi connectivity index (χ2v) is 4.78. The zero-order valence-corrected chi connectivity index (χ0v) is 10.3. The summed E-state index contributed by atoms with van der Waals surface area (Å²) in [5.74, 6) is 0. The van der Waals surface area contributed by atoms with Crippen LogP contribution in [0.15, 0.2) is 18.2 Å². The Hall–Kier alpha value is -1.23. The molecule has 2 nitrogen and oxygen atoms in total. The van der Waals surface area contributed by atoms with Gasteiger partial charge in [0.2, 0.25) is 0 Å². The lowest BCUT2D eigenvalue weighted by Crippen LogP contribution is -2.26. The molecule has 0 saturated heterocycles. The van der Waals surface area contributed by atoms with Crippen molar-refractivity contribution in [3.63, 3.8) is 0 Å². The molecule has 0 radical (unpaired) electrons. The molecule has 0 bridgehead atoms. The average molecular weight is 258 g/mol. The van der Waals surface area contributed by atoms with Crippen molar-refractivity contribution in [2.75, 3.05) is 18.0 Å². The minimum Gasteiger partial charge on any atom is -0.371 e. The van der Waals surface area contributed by atoms with Crippen LogP contribution in [0.1, 0.15) is 30.5 Å². The Morgan fingerprint density at radius 3 is 2.72 bits per heavy atom. The summed E-state index contributed by atoms with van der Waals surface area (Å²) in [5, 5.41) is 0. The molecule has 2 rings (SSSR count). The molecule has 0 spiro atoms. The molecule has 1 aliphatic heterocycles. The first-order chi connectivity index (χ1) is 8.37. The number of anilines is 1. The van der Waals surface area contributed by atoms with Gasteiger partial charge in [0, 0.05) is 24.8 Å². The fourth-order valence-electron chi connectivity index (χ4n) is 2.27. The highest BCUT2D eigenvalue weighted by Crippen LogP contribution is 2.31. The molecule has 1 unspecified atom stereocenters. The summed E-state index contributed by atoms with van der Waals surface area (Å²) in [6, 6.07) is 5.75. The van der Waals surface area contributed by atoms with Crippen LogP contribution in [-0.2, 0) is 6.42 Å². The second kappa shape index (κ2) is 4.80. The van der Waals surface area contributed by atoms with Crippen LogP contribution in [-0.4, -0.2) is 19.3 Å². The maximum Gasteiger partial charge on any atom is 0.390 e. The van der Waals surface area contributed by atoms with Crippen molar-refractivity contribution in [3.05, 3.63) is 29.3 Å². The highest BCUT2D eigenvalue weighted by atomic mass is 19.4. The van der Waals surface area contributed by atoms with Crippen molar-refractivity contribution in [3.8, 4) is 0 Å². The highest BCUT2D eigenvalue weighted by Gasteiger charge is 2.29. The van der Waals surface area contributed by atoms with Gasteiger partial charge in [0.25, 0.3) is 0 Å². The Bertz CT molecular complexity index is 427. The van der Waals surface area contributed by atoms with Crippen LogP contribution < -0.4 is 10.6 Å². The van der Waals surface area contributed by atoms with Gasteiger partial charge in [0.1, 0.15) is 0 Å². The molecule has 0 amide bonds. The molecule has 1 aromatic rings. The summed E-state index contributed by atoms with van der Waals surface area (Å²) in [6.45, 7) is 2.60. The monoisotopic (exact) mass is 258 g/mol. The zero-order chi connectivity index (χ0) is 13.3. The lowest BCUT2D eigenvalue weighted by Gasteiger charge is -2.20. The van der Waals surface area contributed by atoms with E-state index >= 15 is 0 Å².